The van der Waals surface area contributed by atoms with Crippen molar-refractivity contribution in [1.29, 1.82) is 0 Å². The van der Waals surface area contributed by atoms with Gasteiger partial charge in [-0.3, -0.25) is 0 Å². The third-order valence-corrected chi connectivity index (χ3v) is 3.39. The lowest BCUT2D eigenvalue weighted by Crippen LogP contribution is -1.99. The molecule has 0 spiro atoms. The molecule has 0 aromatic heterocycles. The highest BCUT2D eigenvalue weighted by molar-refractivity contribution is 9.10. The predicted molar refractivity (Wildman–Crippen MR) is 71.5 cm³/mol. The van der Waals surface area contributed by atoms with Crippen LogP contribution in [0, 0.1) is 0 Å². The van der Waals surface area contributed by atoms with E-state index >= 15 is 0 Å². The van der Waals surface area contributed by atoms with E-state index in [9.17, 15) is 13.6 Å². The number of halogens is 3. The van der Waals surface area contributed by atoms with Crippen molar-refractivity contribution in [2.75, 3.05) is 0 Å². The summed E-state index contributed by atoms with van der Waals surface area (Å²) in [6.45, 7) is 0. The van der Waals surface area contributed by atoms with E-state index in [-0.39, 0.29) is 15.6 Å². The molecule has 0 unspecified atom stereocenters. The van der Waals surface area contributed by atoms with Crippen LogP contribution in [0.15, 0.2) is 46.9 Å². The fourth-order valence-electron chi connectivity index (χ4n) is 1.79. The number of carboxylic acids is 1. The second-order valence-electron chi connectivity index (χ2n) is 3.89. The van der Waals surface area contributed by atoms with Crippen LogP contribution in [-0.2, 0) is 0 Å². The first-order valence-corrected chi connectivity index (χ1v) is 6.20. The van der Waals surface area contributed by atoms with E-state index in [2.05, 4.69) is 15.9 Å². The molecule has 5 heteroatoms. The summed E-state index contributed by atoms with van der Waals surface area (Å²) in [5.74, 6) is -1.05. The van der Waals surface area contributed by atoms with Crippen LogP contribution >= 0.6 is 15.9 Å². The fraction of sp³-hybridized carbons (Fsp3) is 0.0714. The minimum atomic E-state index is -2.57. The number of rotatable bonds is 3. The molecule has 0 aliphatic rings. The van der Waals surface area contributed by atoms with Crippen molar-refractivity contribution in [3.8, 4) is 11.1 Å². The van der Waals surface area contributed by atoms with Gasteiger partial charge in [0.15, 0.2) is 0 Å². The first-order chi connectivity index (χ1) is 9.00. The molecule has 2 nitrogen and oxygen atoms in total. The average molecular weight is 327 g/mol. The highest BCUT2D eigenvalue weighted by Gasteiger charge is 2.15. The average Bonchev–Trinajstić information content (AvgIpc) is 2.38. The maximum atomic E-state index is 12.6. The number of hydrogen-bond acceptors (Lipinski definition) is 1. The minimum Gasteiger partial charge on any atom is -0.478 e. The first kappa shape index (κ1) is 13.7. The number of carbonyl (C=O) groups is 1. The van der Waals surface area contributed by atoms with Crippen LogP contribution in [0.3, 0.4) is 0 Å². The van der Waals surface area contributed by atoms with Crippen molar-refractivity contribution >= 4 is 21.9 Å². The minimum absolute atomic E-state index is 0.114. The molecule has 0 atom stereocenters. The summed E-state index contributed by atoms with van der Waals surface area (Å²) in [7, 11) is 0. The normalized spacial score (nSPS) is 10.7. The van der Waals surface area contributed by atoms with Crippen molar-refractivity contribution in [3.05, 3.63) is 58.1 Å². The van der Waals surface area contributed by atoms with Gasteiger partial charge >= 0.3 is 5.97 Å². The van der Waals surface area contributed by atoms with Crippen molar-refractivity contribution in [1.82, 2.24) is 0 Å². The Morgan fingerprint density at radius 1 is 1.16 bits per heavy atom. The monoisotopic (exact) mass is 326 g/mol. The molecule has 2 aromatic carbocycles. The van der Waals surface area contributed by atoms with Crippen molar-refractivity contribution < 1.29 is 18.7 Å². The number of benzene rings is 2. The smallest absolute Gasteiger partial charge is 0.336 e. The Balaban J connectivity index is 2.54. The number of aromatic carboxylic acids is 1. The summed E-state index contributed by atoms with van der Waals surface area (Å²) in [5, 5.41) is 9.11. The van der Waals surface area contributed by atoms with Crippen LogP contribution in [0.25, 0.3) is 11.1 Å². The third kappa shape index (κ3) is 2.81. The molecule has 0 heterocycles. The molecule has 2 rings (SSSR count). The molecule has 0 saturated heterocycles. The van der Waals surface area contributed by atoms with Crippen molar-refractivity contribution in [2.45, 2.75) is 6.43 Å². The lowest BCUT2D eigenvalue weighted by atomic mass is 9.99. The Morgan fingerprint density at radius 3 is 2.42 bits per heavy atom. The molecule has 1 N–H and O–H groups in total. The summed E-state index contributed by atoms with van der Waals surface area (Å²) < 4.78 is 25.6. The zero-order valence-electron chi connectivity index (χ0n) is 9.61. The third-order valence-electron chi connectivity index (χ3n) is 2.70. The highest BCUT2D eigenvalue weighted by Crippen LogP contribution is 2.32. The van der Waals surface area contributed by atoms with E-state index in [0.717, 1.165) is 0 Å². The highest BCUT2D eigenvalue weighted by atomic mass is 79.9. The van der Waals surface area contributed by atoms with E-state index in [4.69, 9.17) is 5.11 Å². The van der Waals surface area contributed by atoms with E-state index < -0.39 is 12.4 Å². The number of carboxylic acid groups (broad SMARTS) is 1. The van der Waals surface area contributed by atoms with Gasteiger partial charge in [-0.2, -0.15) is 0 Å². The Bertz CT molecular complexity index is 627. The van der Waals surface area contributed by atoms with Gasteiger partial charge < -0.3 is 5.11 Å². The zero-order valence-corrected chi connectivity index (χ0v) is 11.2. The largest absolute Gasteiger partial charge is 0.478 e. The molecule has 0 fully saturated rings. The maximum absolute atomic E-state index is 12.6. The van der Waals surface area contributed by atoms with Gasteiger partial charge in [-0.25, -0.2) is 13.6 Å². The standard InChI is InChI=1S/C14H9BrF2O2/c15-12-7-8(5-6-11(12)13(16)17)9-3-1-2-4-10(9)14(18)19/h1-7,13H,(H,18,19). The Morgan fingerprint density at radius 2 is 1.84 bits per heavy atom. The molecular weight excluding hydrogens is 318 g/mol. The maximum Gasteiger partial charge on any atom is 0.336 e. The van der Waals surface area contributed by atoms with Gasteiger partial charge in [0.25, 0.3) is 6.43 Å². The molecule has 0 amide bonds. The molecule has 2 aromatic rings. The lowest BCUT2D eigenvalue weighted by molar-refractivity contribution is 0.0697. The predicted octanol–water partition coefficient (Wildman–Crippen LogP) is 4.75. The second-order valence-corrected chi connectivity index (χ2v) is 4.74. The topological polar surface area (TPSA) is 37.3 Å². The molecule has 0 aliphatic carbocycles. The van der Waals surface area contributed by atoms with Crippen molar-refractivity contribution in [2.24, 2.45) is 0 Å². The van der Waals surface area contributed by atoms with E-state index in [1.807, 2.05) is 0 Å². The van der Waals surface area contributed by atoms with Crippen LogP contribution < -0.4 is 0 Å². The number of alkyl halides is 2. The van der Waals surface area contributed by atoms with Gasteiger partial charge in [-0.1, -0.05) is 46.3 Å². The number of hydrogen-bond donors (Lipinski definition) is 1. The van der Waals surface area contributed by atoms with E-state index in [1.165, 1.54) is 24.3 Å². The molecular formula is C14H9BrF2O2. The van der Waals surface area contributed by atoms with Crippen LogP contribution in [0.2, 0.25) is 0 Å². The molecule has 0 bridgehead atoms. The van der Waals surface area contributed by atoms with E-state index in [1.54, 1.807) is 18.2 Å². The molecule has 98 valence electrons. The first-order valence-electron chi connectivity index (χ1n) is 5.41. The summed E-state index contributed by atoms with van der Waals surface area (Å²) in [5.41, 5.74) is 1.10. The van der Waals surface area contributed by atoms with Gasteiger partial charge in [-0.05, 0) is 23.3 Å². The summed E-state index contributed by atoms with van der Waals surface area (Å²) in [4.78, 5) is 11.1. The van der Waals surface area contributed by atoms with Gasteiger partial charge in [0.2, 0.25) is 0 Å². The van der Waals surface area contributed by atoms with Gasteiger partial charge in [-0.15, -0.1) is 0 Å². The van der Waals surface area contributed by atoms with Crippen LogP contribution in [0.4, 0.5) is 8.78 Å². The molecule has 0 aliphatic heterocycles. The second kappa shape index (κ2) is 5.48. The summed E-state index contributed by atoms with van der Waals surface area (Å²) in [6.07, 6.45) is -2.57. The SMILES string of the molecule is O=C(O)c1ccccc1-c1ccc(C(F)F)c(Br)c1. The Kier molecular flexibility index (Phi) is 3.95. The zero-order chi connectivity index (χ0) is 14.0. The molecule has 19 heavy (non-hydrogen) atoms. The fourth-order valence-corrected chi connectivity index (χ4v) is 2.34. The summed E-state index contributed by atoms with van der Waals surface area (Å²) in [6, 6.07) is 10.7. The molecule has 0 saturated carbocycles. The van der Waals surface area contributed by atoms with Gasteiger partial charge in [0.1, 0.15) is 0 Å². The van der Waals surface area contributed by atoms with E-state index in [0.29, 0.717) is 11.1 Å². The van der Waals surface area contributed by atoms with Gasteiger partial charge in [0.05, 0.1) is 5.56 Å². The van der Waals surface area contributed by atoms with Crippen molar-refractivity contribution in [3.63, 3.8) is 0 Å². The van der Waals surface area contributed by atoms with Gasteiger partial charge in [0, 0.05) is 10.0 Å². The van der Waals surface area contributed by atoms with Crippen LogP contribution in [-0.4, -0.2) is 11.1 Å². The lowest BCUT2D eigenvalue weighted by Gasteiger charge is -2.09. The Labute approximate surface area is 116 Å². The van der Waals surface area contributed by atoms with Crippen LogP contribution in [0.5, 0.6) is 0 Å². The molecule has 0 radical (unpaired) electrons. The quantitative estimate of drug-likeness (QED) is 0.883. The van der Waals surface area contributed by atoms with Crippen LogP contribution in [0.1, 0.15) is 22.3 Å². The Hall–Kier alpha value is -1.75. The summed E-state index contributed by atoms with van der Waals surface area (Å²) >= 11 is 3.08.